The predicted octanol–water partition coefficient (Wildman–Crippen LogP) is 1.14. The molecule has 0 amide bonds. The van der Waals surface area contributed by atoms with Crippen LogP contribution in [0.2, 0.25) is 0 Å². The first-order valence-corrected chi connectivity index (χ1v) is 5.53. The normalized spacial score (nSPS) is 15.8. The smallest absolute Gasteiger partial charge is 0.149 e. The average Bonchev–Trinajstić information content (AvgIpc) is 2.91. The maximum Gasteiger partial charge on any atom is 0.149 e. The number of nitrogens with zero attached hydrogens (tertiary/aromatic N) is 2. The lowest BCUT2D eigenvalue weighted by molar-refractivity contribution is 0.113. The van der Waals surface area contributed by atoms with E-state index < -0.39 is 0 Å². The topological polar surface area (TPSA) is 73.1 Å². The predicted molar refractivity (Wildman–Crippen MR) is 54.7 cm³/mol. The van der Waals surface area contributed by atoms with Gasteiger partial charge in [0.25, 0.3) is 0 Å². The highest BCUT2D eigenvalue weighted by molar-refractivity contribution is 7.10. The molecule has 0 saturated heterocycles. The summed E-state index contributed by atoms with van der Waals surface area (Å²) in [5, 5.41) is 4.71. The maximum atomic E-state index is 5.48. The van der Waals surface area contributed by atoms with Gasteiger partial charge in [-0.25, -0.2) is 5.84 Å². The summed E-state index contributed by atoms with van der Waals surface area (Å²) in [7, 11) is 0. The first-order valence-electron chi connectivity index (χ1n) is 4.75. The highest BCUT2D eigenvalue weighted by Crippen LogP contribution is 2.32. The first kappa shape index (κ1) is 9.82. The summed E-state index contributed by atoms with van der Waals surface area (Å²) in [5.74, 6) is 6.20. The van der Waals surface area contributed by atoms with Gasteiger partial charge in [-0.1, -0.05) is 17.3 Å². The van der Waals surface area contributed by atoms with Gasteiger partial charge >= 0.3 is 0 Å². The number of hydrogen-bond acceptors (Lipinski definition) is 6. The monoisotopic (exact) mass is 214 g/mol. The number of hydrogen-bond donors (Lipinski definition) is 2. The zero-order chi connectivity index (χ0) is 9.80. The molecule has 0 bridgehead atoms. The van der Waals surface area contributed by atoms with Gasteiger partial charge in [-0.3, -0.25) is 0 Å². The van der Waals surface area contributed by atoms with Gasteiger partial charge in [0.15, 0.2) is 0 Å². The SMILES string of the molecule is NNc1snnc1COCCC1CC1. The number of nitrogen functional groups attached to an aromatic ring is 1. The second-order valence-electron chi connectivity index (χ2n) is 3.48. The summed E-state index contributed by atoms with van der Waals surface area (Å²) in [6.07, 6.45) is 3.91. The number of ether oxygens (including phenoxy) is 1. The molecule has 0 unspecified atom stereocenters. The second kappa shape index (κ2) is 4.68. The molecule has 1 fully saturated rings. The van der Waals surface area contributed by atoms with Gasteiger partial charge in [-0.2, -0.15) is 0 Å². The van der Waals surface area contributed by atoms with E-state index in [1.54, 1.807) is 0 Å². The van der Waals surface area contributed by atoms with Crippen molar-refractivity contribution in [2.45, 2.75) is 25.9 Å². The third kappa shape index (κ3) is 2.63. The average molecular weight is 214 g/mol. The van der Waals surface area contributed by atoms with Crippen molar-refractivity contribution in [3.05, 3.63) is 5.69 Å². The van der Waals surface area contributed by atoms with E-state index in [4.69, 9.17) is 10.6 Å². The lowest BCUT2D eigenvalue weighted by Gasteiger charge is -2.02. The third-order valence-electron chi connectivity index (χ3n) is 2.29. The van der Waals surface area contributed by atoms with Crippen molar-refractivity contribution in [1.29, 1.82) is 0 Å². The lowest BCUT2D eigenvalue weighted by Crippen LogP contribution is -2.08. The molecule has 1 aliphatic carbocycles. The van der Waals surface area contributed by atoms with Gasteiger partial charge in [0.05, 0.1) is 6.61 Å². The molecule has 6 heteroatoms. The largest absolute Gasteiger partial charge is 0.375 e. The highest BCUT2D eigenvalue weighted by Gasteiger charge is 2.20. The zero-order valence-electron chi connectivity index (χ0n) is 7.90. The summed E-state index contributed by atoms with van der Waals surface area (Å²) in [6.45, 7) is 1.31. The summed E-state index contributed by atoms with van der Waals surface area (Å²) in [4.78, 5) is 0. The molecular formula is C8H14N4OS. The van der Waals surface area contributed by atoms with Crippen LogP contribution in [0.3, 0.4) is 0 Å². The minimum atomic E-state index is 0.503. The van der Waals surface area contributed by atoms with Crippen molar-refractivity contribution < 1.29 is 4.74 Å². The molecule has 1 aromatic heterocycles. The minimum absolute atomic E-state index is 0.503. The van der Waals surface area contributed by atoms with Crippen molar-refractivity contribution in [3.8, 4) is 0 Å². The number of nitrogens with two attached hydrogens (primary N) is 1. The number of anilines is 1. The molecule has 2 rings (SSSR count). The molecule has 0 aromatic carbocycles. The third-order valence-corrected chi connectivity index (χ3v) is 2.99. The minimum Gasteiger partial charge on any atom is -0.375 e. The standard InChI is InChI=1S/C8H14N4OS/c9-10-8-7(11-12-14-8)5-13-4-3-6-1-2-6/h6,10H,1-5,9H2. The van der Waals surface area contributed by atoms with Gasteiger partial charge in [0, 0.05) is 18.1 Å². The Kier molecular flexibility index (Phi) is 3.28. The van der Waals surface area contributed by atoms with Crippen LogP contribution in [0.5, 0.6) is 0 Å². The van der Waals surface area contributed by atoms with Gasteiger partial charge in [0.2, 0.25) is 0 Å². The number of nitrogens with one attached hydrogen (secondary N) is 1. The van der Waals surface area contributed by atoms with E-state index in [1.165, 1.54) is 30.8 Å². The van der Waals surface area contributed by atoms with Crippen molar-refractivity contribution >= 4 is 16.5 Å². The quantitative estimate of drug-likeness (QED) is 0.422. The van der Waals surface area contributed by atoms with Crippen molar-refractivity contribution in [1.82, 2.24) is 9.59 Å². The fourth-order valence-corrected chi connectivity index (χ4v) is 1.72. The van der Waals surface area contributed by atoms with Crippen LogP contribution in [0.1, 0.15) is 25.0 Å². The number of hydrazine groups is 1. The fraction of sp³-hybridized carbons (Fsp3) is 0.750. The molecule has 14 heavy (non-hydrogen) atoms. The summed E-state index contributed by atoms with van der Waals surface area (Å²) in [6, 6.07) is 0. The Morgan fingerprint density at radius 2 is 2.43 bits per heavy atom. The van der Waals surface area contributed by atoms with Gasteiger partial charge < -0.3 is 10.2 Å². The highest BCUT2D eigenvalue weighted by atomic mass is 32.1. The number of aromatic nitrogens is 2. The van der Waals surface area contributed by atoms with Crippen LogP contribution in [-0.4, -0.2) is 16.2 Å². The zero-order valence-corrected chi connectivity index (χ0v) is 8.72. The van der Waals surface area contributed by atoms with Gasteiger partial charge in [-0.05, 0) is 12.3 Å². The van der Waals surface area contributed by atoms with E-state index in [1.807, 2.05) is 0 Å². The van der Waals surface area contributed by atoms with Crippen LogP contribution in [0, 0.1) is 5.92 Å². The second-order valence-corrected chi connectivity index (χ2v) is 4.23. The van der Waals surface area contributed by atoms with Crippen LogP contribution in [-0.2, 0) is 11.3 Å². The van der Waals surface area contributed by atoms with Crippen LogP contribution in [0.4, 0.5) is 5.00 Å². The molecule has 0 aliphatic heterocycles. The molecule has 78 valence electrons. The van der Waals surface area contributed by atoms with E-state index in [0.29, 0.717) is 6.61 Å². The number of rotatable bonds is 6. The van der Waals surface area contributed by atoms with E-state index in [2.05, 4.69) is 15.0 Å². The molecular weight excluding hydrogens is 200 g/mol. The van der Waals surface area contributed by atoms with Crippen molar-refractivity contribution in [2.24, 2.45) is 11.8 Å². The molecule has 0 atom stereocenters. The summed E-state index contributed by atoms with van der Waals surface area (Å²) < 4.78 is 9.27. The molecule has 1 saturated carbocycles. The van der Waals surface area contributed by atoms with Crippen molar-refractivity contribution in [3.63, 3.8) is 0 Å². The van der Waals surface area contributed by atoms with Crippen LogP contribution >= 0.6 is 11.5 Å². The summed E-state index contributed by atoms with van der Waals surface area (Å²) >= 11 is 1.25. The lowest BCUT2D eigenvalue weighted by atomic mass is 10.3. The Balaban J connectivity index is 1.68. The van der Waals surface area contributed by atoms with Crippen LogP contribution in [0.15, 0.2) is 0 Å². The Morgan fingerprint density at radius 1 is 1.57 bits per heavy atom. The van der Waals surface area contributed by atoms with Crippen molar-refractivity contribution in [2.75, 3.05) is 12.0 Å². The summed E-state index contributed by atoms with van der Waals surface area (Å²) in [5.41, 5.74) is 3.35. The van der Waals surface area contributed by atoms with E-state index in [0.717, 1.165) is 23.2 Å². The maximum absolute atomic E-state index is 5.48. The molecule has 3 N–H and O–H groups in total. The Hall–Kier alpha value is -0.720. The van der Waals surface area contributed by atoms with Gasteiger partial charge in [0.1, 0.15) is 10.7 Å². The molecule has 0 spiro atoms. The van der Waals surface area contributed by atoms with Crippen LogP contribution < -0.4 is 11.3 Å². The molecule has 1 heterocycles. The van der Waals surface area contributed by atoms with Gasteiger partial charge in [-0.15, -0.1) is 5.10 Å². The fourth-order valence-electron chi connectivity index (χ4n) is 1.24. The molecule has 1 aromatic rings. The van der Waals surface area contributed by atoms with Crippen LogP contribution in [0.25, 0.3) is 0 Å². The molecule has 0 radical (unpaired) electrons. The van der Waals surface area contributed by atoms with E-state index in [-0.39, 0.29) is 0 Å². The van der Waals surface area contributed by atoms with E-state index >= 15 is 0 Å². The van der Waals surface area contributed by atoms with E-state index in [9.17, 15) is 0 Å². The molecule has 1 aliphatic rings. The Morgan fingerprint density at radius 3 is 3.14 bits per heavy atom. The Bertz CT molecular complexity index is 287. The molecule has 5 nitrogen and oxygen atoms in total. The first-order chi connectivity index (χ1) is 6.90. The Labute approximate surface area is 86.8 Å².